The Labute approximate surface area is 140 Å². The van der Waals surface area contributed by atoms with Gasteiger partial charge in [0.2, 0.25) is 0 Å². The Balaban J connectivity index is 0.00000220. The van der Waals surface area contributed by atoms with Crippen LogP contribution in [0.25, 0.3) is 0 Å². The zero-order valence-corrected chi connectivity index (χ0v) is 14.0. The van der Waals surface area contributed by atoms with Crippen molar-refractivity contribution < 1.29 is 9.53 Å². The molecule has 21 heavy (non-hydrogen) atoms. The van der Waals surface area contributed by atoms with Crippen LogP contribution in [0.2, 0.25) is 10.0 Å². The average Bonchev–Trinajstić information content (AvgIpc) is 2.38. The minimum Gasteiger partial charge on any atom is -0.484 e. The van der Waals surface area contributed by atoms with E-state index in [4.69, 9.17) is 27.9 Å². The third kappa shape index (κ3) is 5.91. The predicted octanol–water partition coefficient (Wildman–Crippen LogP) is 2.91. The second kappa shape index (κ2) is 8.69. The highest BCUT2D eigenvalue weighted by molar-refractivity contribution is 6.34. The molecule has 0 bridgehead atoms. The van der Waals surface area contributed by atoms with Crippen LogP contribution >= 0.6 is 35.6 Å². The van der Waals surface area contributed by atoms with Gasteiger partial charge in [-0.15, -0.1) is 12.4 Å². The summed E-state index contributed by atoms with van der Waals surface area (Å²) in [5.74, 6) is 0.796. The van der Waals surface area contributed by atoms with Crippen LogP contribution in [0.1, 0.15) is 13.3 Å². The van der Waals surface area contributed by atoms with Crippen LogP contribution < -0.4 is 15.4 Å². The molecule has 0 aliphatic carbocycles. The van der Waals surface area contributed by atoms with Crippen LogP contribution in [0.15, 0.2) is 18.2 Å². The molecule has 2 atom stereocenters. The molecule has 1 saturated heterocycles. The molecule has 1 aliphatic heterocycles. The Morgan fingerprint density at radius 3 is 2.67 bits per heavy atom. The number of hydrogen-bond acceptors (Lipinski definition) is 3. The maximum atomic E-state index is 11.9. The number of rotatable bonds is 4. The van der Waals surface area contributed by atoms with Crippen molar-refractivity contribution in [3.63, 3.8) is 0 Å². The molecule has 2 N–H and O–H groups in total. The van der Waals surface area contributed by atoms with Crippen molar-refractivity contribution in [1.82, 2.24) is 10.6 Å². The van der Waals surface area contributed by atoms with Crippen molar-refractivity contribution >= 4 is 41.5 Å². The molecule has 1 aliphatic rings. The summed E-state index contributed by atoms with van der Waals surface area (Å²) in [5, 5.41) is 7.27. The standard InChI is InChI=1S/C14H18Cl2N2O2.ClH/c1-9-7-17-3-2-13(9)18-14(19)8-20-12-5-10(15)4-11(16)6-12;/h4-6,9,13,17H,2-3,7-8H2,1H3,(H,18,19);1H. The predicted molar refractivity (Wildman–Crippen MR) is 87.8 cm³/mol. The Kier molecular flexibility index (Phi) is 7.60. The van der Waals surface area contributed by atoms with Crippen molar-refractivity contribution in [2.24, 2.45) is 5.92 Å². The van der Waals surface area contributed by atoms with Gasteiger partial charge in [-0.25, -0.2) is 0 Å². The van der Waals surface area contributed by atoms with E-state index in [2.05, 4.69) is 17.6 Å². The number of ether oxygens (including phenoxy) is 1. The Morgan fingerprint density at radius 1 is 1.38 bits per heavy atom. The van der Waals surface area contributed by atoms with Gasteiger partial charge >= 0.3 is 0 Å². The van der Waals surface area contributed by atoms with Crippen molar-refractivity contribution in [1.29, 1.82) is 0 Å². The summed E-state index contributed by atoms with van der Waals surface area (Å²) in [4.78, 5) is 11.9. The number of benzene rings is 1. The number of hydrogen-bond donors (Lipinski definition) is 2. The molecule has 0 spiro atoms. The summed E-state index contributed by atoms with van der Waals surface area (Å²) in [7, 11) is 0. The smallest absolute Gasteiger partial charge is 0.258 e. The van der Waals surface area contributed by atoms with Gasteiger partial charge in [0.15, 0.2) is 6.61 Å². The first-order chi connectivity index (χ1) is 9.54. The maximum absolute atomic E-state index is 11.9. The first-order valence-electron chi connectivity index (χ1n) is 6.63. The summed E-state index contributed by atoms with van der Waals surface area (Å²) >= 11 is 11.7. The van der Waals surface area contributed by atoms with E-state index >= 15 is 0 Å². The largest absolute Gasteiger partial charge is 0.484 e. The topological polar surface area (TPSA) is 50.4 Å². The Hall–Kier alpha value is -0.680. The van der Waals surface area contributed by atoms with Crippen LogP contribution in [0.4, 0.5) is 0 Å². The third-order valence-electron chi connectivity index (χ3n) is 3.34. The maximum Gasteiger partial charge on any atom is 0.258 e. The normalized spacial score (nSPS) is 21.3. The van der Waals surface area contributed by atoms with Crippen molar-refractivity contribution in [3.05, 3.63) is 28.2 Å². The SMILES string of the molecule is CC1CNCCC1NC(=O)COc1cc(Cl)cc(Cl)c1.Cl. The first kappa shape index (κ1) is 18.4. The molecule has 0 aromatic heterocycles. The Bertz CT molecular complexity index is 465. The Morgan fingerprint density at radius 2 is 2.05 bits per heavy atom. The second-order valence-electron chi connectivity index (χ2n) is 5.04. The number of nitrogens with one attached hydrogen (secondary N) is 2. The van der Waals surface area contributed by atoms with Crippen molar-refractivity contribution in [2.75, 3.05) is 19.7 Å². The van der Waals surface area contributed by atoms with E-state index in [1.165, 1.54) is 0 Å². The van der Waals surface area contributed by atoms with Gasteiger partial charge in [0.25, 0.3) is 5.91 Å². The fourth-order valence-electron chi connectivity index (χ4n) is 2.24. The van der Waals surface area contributed by atoms with Gasteiger partial charge in [0.1, 0.15) is 5.75 Å². The van der Waals surface area contributed by atoms with Crippen LogP contribution in [0.3, 0.4) is 0 Å². The van der Waals surface area contributed by atoms with E-state index in [0.717, 1.165) is 19.5 Å². The van der Waals surface area contributed by atoms with Crippen LogP contribution in [0.5, 0.6) is 5.75 Å². The quantitative estimate of drug-likeness (QED) is 0.875. The molecule has 1 aromatic carbocycles. The monoisotopic (exact) mass is 352 g/mol. The number of halogens is 3. The minimum atomic E-state index is -0.125. The number of piperidine rings is 1. The van der Waals surface area contributed by atoms with Gasteiger partial charge in [-0.05, 0) is 43.6 Å². The van der Waals surface area contributed by atoms with Gasteiger partial charge in [0.05, 0.1) is 0 Å². The van der Waals surface area contributed by atoms with Gasteiger partial charge < -0.3 is 15.4 Å². The summed E-state index contributed by atoms with van der Waals surface area (Å²) < 4.78 is 5.41. The third-order valence-corrected chi connectivity index (χ3v) is 3.77. The molecule has 1 aromatic rings. The average molecular weight is 354 g/mol. The minimum absolute atomic E-state index is 0. The van der Waals surface area contributed by atoms with E-state index in [-0.39, 0.29) is 31.0 Å². The molecule has 2 unspecified atom stereocenters. The van der Waals surface area contributed by atoms with Crippen LogP contribution in [-0.2, 0) is 4.79 Å². The van der Waals surface area contributed by atoms with Crippen molar-refractivity contribution in [3.8, 4) is 5.75 Å². The number of carbonyl (C=O) groups excluding carboxylic acids is 1. The molecule has 0 radical (unpaired) electrons. The summed E-state index contributed by atoms with van der Waals surface area (Å²) in [5.41, 5.74) is 0. The highest BCUT2D eigenvalue weighted by atomic mass is 35.5. The second-order valence-corrected chi connectivity index (χ2v) is 5.91. The lowest BCUT2D eigenvalue weighted by Crippen LogP contribution is -2.49. The fourth-order valence-corrected chi connectivity index (χ4v) is 2.74. The lowest BCUT2D eigenvalue weighted by molar-refractivity contribution is -0.124. The molecule has 4 nitrogen and oxygen atoms in total. The van der Waals surface area contributed by atoms with E-state index in [1.807, 2.05) is 0 Å². The zero-order valence-electron chi connectivity index (χ0n) is 11.7. The molecule has 1 heterocycles. The molecule has 0 saturated carbocycles. The molecule has 2 rings (SSSR count). The van der Waals surface area contributed by atoms with Crippen LogP contribution in [-0.4, -0.2) is 31.6 Å². The number of carbonyl (C=O) groups is 1. The fraction of sp³-hybridized carbons (Fsp3) is 0.500. The molecule has 118 valence electrons. The highest BCUT2D eigenvalue weighted by Crippen LogP contribution is 2.24. The first-order valence-corrected chi connectivity index (χ1v) is 7.39. The van der Waals surface area contributed by atoms with Gasteiger partial charge in [-0.3, -0.25) is 4.79 Å². The van der Waals surface area contributed by atoms with Crippen molar-refractivity contribution in [2.45, 2.75) is 19.4 Å². The lowest BCUT2D eigenvalue weighted by atomic mass is 9.95. The molecule has 1 amide bonds. The molecular weight excluding hydrogens is 335 g/mol. The van der Waals surface area contributed by atoms with E-state index in [9.17, 15) is 4.79 Å². The van der Waals surface area contributed by atoms with E-state index < -0.39 is 0 Å². The van der Waals surface area contributed by atoms with Gasteiger partial charge in [0, 0.05) is 16.1 Å². The van der Waals surface area contributed by atoms with Gasteiger partial charge in [-0.2, -0.15) is 0 Å². The van der Waals surface area contributed by atoms with Crippen LogP contribution in [0, 0.1) is 5.92 Å². The summed E-state index contributed by atoms with van der Waals surface area (Å²) in [6.45, 7) is 3.94. The molecule has 7 heteroatoms. The van der Waals surface area contributed by atoms with E-state index in [0.29, 0.717) is 21.7 Å². The summed E-state index contributed by atoms with van der Waals surface area (Å²) in [6.07, 6.45) is 0.940. The molecule has 1 fully saturated rings. The highest BCUT2D eigenvalue weighted by Gasteiger charge is 2.22. The zero-order chi connectivity index (χ0) is 14.5. The van der Waals surface area contributed by atoms with E-state index in [1.54, 1.807) is 18.2 Å². The number of amides is 1. The lowest BCUT2D eigenvalue weighted by Gasteiger charge is -2.30. The molecular formula is C14H19Cl3N2O2. The summed E-state index contributed by atoms with van der Waals surface area (Å²) in [6, 6.07) is 5.09. The van der Waals surface area contributed by atoms with Gasteiger partial charge in [-0.1, -0.05) is 30.1 Å².